The van der Waals surface area contributed by atoms with Gasteiger partial charge in [0.25, 0.3) is 0 Å². The highest BCUT2D eigenvalue weighted by atomic mass is 16.5. The Morgan fingerprint density at radius 3 is 1.91 bits per heavy atom. The highest BCUT2D eigenvalue weighted by Crippen LogP contribution is 1.93. The number of isocyanates is 2. The third-order valence-corrected chi connectivity index (χ3v) is 1.95. The molecule has 0 saturated heterocycles. The Hall–Kier alpha value is -2.82. The Bertz CT molecular complexity index is 488. The highest BCUT2D eigenvalue weighted by Gasteiger charge is 2.00. The molecule has 8 heteroatoms. The zero-order valence-electron chi connectivity index (χ0n) is 13.1. The van der Waals surface area contributed by atoms with E-state index >= 15 is 0 Å². The van der Waals surface area contributed by atoms with Crippen molar-refractivity contribution < 1.29 is 28.7 Å². The van der Waals surface area contributed by atoms with Gasteiger partial charge in [0.2, 0.25) is 12.2 Å². The zero-order chi connectivity index (χ0) is 17.9. The van der Waals surface area contributed by atoms with Crippen molar-refractivity contribution in [1.82, 2.24) is 0 Å². The maximum Gasteiger partial charge on any atom is 0.333 e. The van der Waals surface area contributed by atoms with Crippen molar-refractivity contribution in [2.75, 3.05) is 26.3 Å². The first kappa shape index (κ1) is 22.5. The van der Waals surface area contributed by atoms with E-state index in [-0.39, 0.29) is 13.2 Å². The van der Waals surface area contributed by atoms with Crippen LogP contribution in [-0.2, 0) is 28.7 Å². The smallest absolute Gasteiger partial charge is 0.333 e. The number of rotatable bonds is 10. The van der Waals surface area contributed by atoms with Crippen LogP contribution in [0.1, 0.15) is 19.8 Å². The fourth-order valence-corrected chi connectivity index (χ4v) is 0.898. The van der Waals surface area contributed by atoms with Crippen LogP contribution in [0.3, 0.4) is 0 Å². The Morgan fingerprint density at radius 1 is 1.04 bits per heavy atom. The predicted molar refractivity (Wildman–Crippen MR) is 82.1 cm³/mol. The van der Waals surface area contributed by atoms with Gasteiger partial charge in [0.15, 0.2) is 0 Å². The van der Waals surface area contributed by atoms with Crippen LogP contribution in [-0.4, -0.2) is 50.4 Å². The minimum Gasteiger partial charge on any atom is -0.462 e. The second-order valence-electron chi connectivity index (χ2n) is 3.94. The fourth-order valence-electron chi connectivity index (χ4n) is 0.898. The lowest BCUT2D eigenvalue weighted by molar-refractivity contribution is -0.139. The Morgan fingerprint density at radius 2 is 1.52 bits per heavy atom. The van der Waals surface area contributed by atoms with E-state index in [1.165, 1.54) is 12.2 Å². The van der Waals surface area contributed by atoms with Gasteiger partial charge in [-0.1, -0.05) is 13.2 Å². The SMILES string of the molecule is C=C(C)C(=O)OCCCN=C=O.C=CC(=O)OCCCN=C=O. The average molecular weight is 324 g/mol. The lowest BCUT2D eigenvalue weighted by Crippen LogP contribution is -2.06. The van der Waals surface area contributed by atoms with Crippen LogP contribution in [0.5, 0.6) is 0 Å². The lowest BCUT2D eigenvalue weighted by Gasteiger charge is -2.00. The molecule has 0 bridgehead atoms. The van der Waals surface area contributed by atoms with Crippen LogP contribution >= 0.6 is 0 Å². The fraction of sp³-hybridized carbons (Fsp3) is 0.467. The summed E-state index contributed by atoms with van der Waals surface area (Å²) in [6.45, 7) is 9.40. The molecule has 0 aliphatic carbocycles. The molecule has 0 unspecified atom stereocenters. The number of carbonyl (C=O) groups is 2. The van der Waals surface area contributed by atoms with Gasteiger partial charge >= 0.3 is 11.9 Å². The third-order valence-electron chi connectivity index (χ3n) is 1.95. The molecule has 0 aliphatic heterocycles. The van der Waals surface area contributed by atoms with Crippen LogP contribution < -0.4 is 0 Å². The number of nitrogens with zero attached hydrogens (tertiary/aromatic N) is 2. The van der Waals surface area contributed by atoms with Crippen LogP contribution in [0.15, 0.2) is 34.8 Å². The molecule has 126 valence electrons. The molecule has 23 heavy (non-hydrogen) atoms. The lowest BCUT2D eigenvalue weighted by atomic mass is 10.4. The van der Waals surface area contributed by atoms with E-state index in [2.05, 4.69) is 27.9 Å². The predicted octanol–water partition coefficient (Wildman–Crippen LogP) is 1.27. The van der Waals surface area contributed by atoms with E-state index in [9.17, 15) is 19.2 Å². The largest absolute Gasteiger partial charge is 0.462 e. The van der Waals surface area contributed by atoms with Gasteiger partial charge in [-0.3, -0.25) is 0 Å². The molecule has 0 fully saturated rings. The second-order valence-corrected chi connectivity index (χ2v) is 3.94. The standard InChI is InChI=1S/C8H11NO3.C7H9NO3/c1-7(2)8(11)12-5-3-4-9-6-10;1-2-7(10)11-5-3-4-8-6-9/h1,3-5H2,2H3;2H,1,3-5H2. The Kier molecular flexibility index (Phi) is 16.8. The summed E-state index contributed by atoms with van der Waals surface area (Å²) in [5, 5.41) is 0. The molecular weight excluding hydrogens is 304 g/mol. The van der Waals surface area contributed by atoms with Crippen molar-refractivity contribution in [2.24, 2.45) is 9.98 Å². The number of ether oxygens (including phenoxy) is 2. The summed E-state index contributed by atoms with van der Waals surface area (Å²) in [5.74, 6) is -0.870. The summed E-state index contributed by atoms with van der Waals surface area (Å²) in [7, 11) is 0. The second kappa shape index (κ2) is 17.2. The van der Waals surface area contributed by atoms with Crippen LogP contribution in [0.25, 0.3) is 0 Å². The summed E-state index contributed by atoms with van der Waals surface area (Å²) in [6, 6.07) is 0. The maximum atomic E-state index is 10.7. The summed E-state index contributed by atoms with van der Waals surface area (Å²) >= 11 is 0. The van der Waals surface area contributed by atoms with Gasteiger partial charge in [0.05, 0.1) is 26.3 Å². The molecule has 8 nitrogen and oxygen atoms in total. The van der Waals surface area contributed by atoms with E-state index in [4.69, 9.17) is 4.74 Å². The molecule has 0 atom stereocenters. The number of esters is 2. The van der Waals surface area contributed by atoms with E-state index in [1.54, 1.807) is 6.92 Å². The van der Waals surface area contributed by atoms with Crippen molar-refractivity contribution in [3.05, 3.63) is 24.8 Å². The number of carbonyl (C=O) groups excluding carboxylic acids is 4. The normalized spacial score (nSPS) is 8.22. The molecule has 0 aliphatic rings. The summed E-state index contributed by atoms with van der Waals surface area (Å²) in [4.78, 5) is 46.8. The van der Waals surface area contributed by atoms with Crippen molar-refractivity contribution in [2.45, 2.75) is 19.8 Å². The molecular formula is C15H20N2O6. The van der Waals surface area contributed by atoms with Crippen LogP contribution in [0, 0.1) is 0 Å². The molecule has 0 amide bonds. The van der Waals surface area contributed by atoms with E-state index in [1.807, 2.05) is 0 Å². The molecule has 0 heterocycles. The van der Waals surface area contributed by atoms with Crippen LogP contribution in [0.4, 0.5) is 0 Å². The molecule has 0 spiro atoms. The number of aliphatic imine (C=N–C) groups is 2. The average Bonchev–Trinajstić information content (AvgIpc) is 2.54. The third kappa shape index (κ3) is 19.2. The molecule has 0 aromatic carbocycles. The molecule has 0 saturated carbocycles. The Balaban J connectivity index is 0. The van der Waals surface area contributed by atoms with E-state index in [0.717, 1.165) is 6.08 Å². The first-order valence-electron chi connectivity index (χ1n) is 6.68. The Labute approximate surface area is 134 Å². The summed E-state index contributed by atoms with van der Waals surface area (Å²) in [5.41, 5.74) is 0.369. The number of hydrogen-bond donors (Lipinski definition) is 0. The minimum atomic E-state index is -0.458. The van der Waals surface area contributed by atoms with Gasteiger partial charge in [-0.15, -0.1) is 0 Å². The van der Waals surface area contributed by atoms with E-state index in [0.29, 0.717) is 31.5 Å². The van der Waals surface area contributed by atoms with Crippen LogP contribution in [0.2, 0.25) is 0 Å². The monoisotopic (exact) mass is 324 g/mol. The first-order chi connectivity index (χ1) is 11.0. The van der Waals surface area contributed by atoms with E-state index < -0.39 is 11.9 Å². The molecule has 0 aromatic heterocycles. The van der Waals surface area contributed by atoms with Gasteiger partial charge in [0, 0.05) is 24.5 Å². The molecule has 0 rings (SSSR count). The van der Waals surface area contributed by atoms with Crippen molar-refractivity contribution in [3.63, 3.8) is 0 Å². The zero-order valence-corrected chi connectivity index (χ0v) is 13.1. The minimum absolute atomic E-state index is 0.260. The van der Waals surface area contributed by atoms with Crippen molar-refractivity contribution >= 4 is 24.1 Å². The van der Waals surface area contributed by atoms with Gasteiger partial charge in [-0.05, 0) is 6.92 Å². The number of hydrogen-bond acceptors (Lipinski definition) is 8. The van der Waals surface area contributed by atoms with Gasteiger partial charge in [-0.2, -0.15) is 0 Å². The maximum absolute atomic E-state index is 10.7. The summed E-state index contributed by atoms with van der Waals surface area (Å²) in [6.07, 6.45) is 4.94. The topological polar surface area (TPSA) is 111 Å². The molecule has 0 aromatic rings. The molecule has 0 radical (unpaired) electrons. The highest BCUT2D eigenvalue weighted by molar-refractivity contribution is 5.86. The van der Waals surface area contributed by atoms with Gasteiger partial charge in [-0.25, -0.2) is 29.2 Å². The summed E-state index contributed by atoms with van der Waals surface area (Å²) < 4.78 is 9.31. The van der Waals surface area contributed by atoms with Crippen molar-refractivity contribution in [1.29, 1.82) is 0 Å². The first-order valence-corrected chi connectivity index (χ1v) is 6.68. The quantitative estimate of drug-likeness (QED) is 0.197. The van der Waals surface area contributed by atoms with Gasteiger partial charge < -0.3 is 9.47 Å². The van der Waals surface area contributed by atoms with Crippen molar-refractivity contribution in [3.8, 4) is 0 Å². The van der Waals surface area contributed by atoms with Gasteiger partial charge in [0.1, 0.15) is 0 Å². The molecule has 0 N–H and O–H groups in total.